The van der Waals surface area contributed by atoms with Crippen LogP contribution in [-0.2, 0) is 10.8 Å². The Bertz CT molecular complexity index is 2960. The summed E-state index contributed by atoms with van der Waals surface area (Å²) in [4.78, 5) is 2.48. The molecule has 0 N–H and O–H groups in total. The lowest BCUT2D eigenvalue weighted by Crippen LogP contribution is -2.18. The molecule has 0 spiro atoms. The molecule has 2 aliphatic carbocycles. The molecule has 8 aromatic carbocycles. The van der Waals surface area contributed by atoms with Gasteiger partial charge in [-0.1, -0.05) is 131 Å². The summed E-state index contributed by atoms with van der Waals surface area (Å²) in [5, 5.41) is 7.53. The highest BCUT2D eigenvalue weighted by molar-refractivity contribution is 6.12. The van der Waals surface area contributed by atoms with Crippen LogP contribution in [-0.4, -0.2) is 0 Å². The first kappa shape index (κ1) is 29.6. The molecule has 11 rings (SSSR count). The molecule has 9 aromatic rings. The Hall–Kier alpha value is -6.12. The van der Waals surface area contributed by atoms with E-state index in [1.165, 1.54) is 82.5 Å². The number of rotatable bonds is 3. The van der Waals surface area contributed by atoms with Crippen molar-refractivity contribution in [2.45, 2.75) is 38.5 Å². The van der Waals surface area contributed by atoms with Gasteiger partial charge in [0.05, 0.1) is 5.69 Å². The summed E-state index contributed by atoms with van der Waals surface area (Å²) in [6.07, 6.45) is 0. The van der Waals surface area contributed by atoms with E-state index in [1.54, 1.807) is 0 Å². The molecule has 0 saturated heterocycles. The van der Waals surface area contributed by atoms with E-state index in [4.69, 9.17) is 4.42 Å². The van der Waals surface area contributed by atoms with Crippen molar-refractivity contribution in [3.63, 3.8) is 0 Å². The Kier molecular flexibility index (Phi) is 5.83. The third-order valence-electron chi connectivity index (χ3n) is 12.2. The molecule has 0 radical (unpaired) electrons. The fourth-order valence-electron chi connectivity index (χ4n) is 9.70. The minimum Gasteiger partial charge on any atom is -0.456 e. The average Bonchev–Trinajstić information content (AvgIpc) is 3.73. The number of para-hydroxylation sites is 2. The highest BCUT2D eigenvalue weighted by atomic mass is 16.3. The molecule has 2 heteroatoms. The van der Waals surface area contributed by atoms with Gasteiger partial charge in [0.15, 0.2) is 0 Å². The molecule has 0 atom stereocenters. The fourth-order valence-corrected chi connectivity index (χ4v) is 9.70. The standard InChI is InChI=1S/C50H37NO/c1-49(2)41-26-32(23-25-34(41)39-28-46-40(27-42(39)49)36-19-12-13-21-45(36)52-46)51(31-15-6-5-7-16-31)44-29-43-47(37-20-11-10-18-35(37)44)38-24-22-30-14-8-9-17-33(30)48(38)50(43,3)4/h5-29H,1-4H3. The van der Waals surface area contributed by atoms with Gasteiger partial charge < -0.3 is 9.32 Å². The van der Waals surface area contributed by atoms with Gasteiger partial charge in [0.2, 0.25) is 0 Å². The van der Waals surface area contributed by atoms with Gasteiger partial charge in [-0.25, -0.2) is 0 Å². The number of benzene rings is 8. The largest absolute Gasteiger partial charge is 0.456 e. The van der Waals surface area contributed by atoms with E-state index >= 15 is 0 Å². The topological polar surface area (TPSA) is 16.4 Å². The Morgan fingerprint density at radius 2 is 1.10 bits per heavy atom. The zero-order valence-corrected chi connectivity index (χ0v) is 29.8. The molecule has 0 fully saturated rings. The minimum atomic E-state index is -0.194. The van der Waals surface area contributed by atoms with Crippen molar-refractivity contribution in [3.05, 3.63) is 174 Å². The predicted molar refractivity (Wildman–Crippen MR) is 219 cm³/mol. The number of anilines is 3. The van der Waals surface area contributed by atoms with Crippen LogP contribution in [0.15, 0.2) is 156 Å². The van der Waals surface area contributed by atoms with Crippen molar-refractivity contribution in [3.8, 4) is 22.3 Å². The van der Waals surface area contributed by atoms with Crippen LogP contribution in [0, 0.1) is 0 Å². The molecule has 0 aliphatic heterocycles. The molecule has 2 aliphatic rings. The second-order valence-electron chi connectivity index (χ2n) is 15.7. The SMILES string of the molecule is CC1(C)c2cc(N(c3ccccc3)c3cc4c(c5ccccc35)-c3ccc5ccccc5c3C4(C)C)ccc2-c2cc3oc4ccccc4c3cc21. The van der Waals surface area contributed by atoms with Crippen molar-refractivity contribution in [2.75, 3.05) is 4.90 Å². The lowest BCUT2D eigenvalue weighted by molar-refractivity contribution is 0.658. The molecular formula is C50H37NO. The summed E-state index contributed by atoms with van der Waals surface area (Å²) >= 11 is 0. The number of furan rings is 1. The fraction of sp³-hybridized carbons (Fsp3) is 0.120. The van der Waals surface area contributed by atoms with Gasteiger partial charge in [-0.05, 0) is 109 Å². The smallest absolute Gasteiger partial charge is 0.136 e. The van der Waals surface area contributed by atoms with Crippen LogP contribution < -0.4 is 4.90 Å². The maximum Gasteiger partial charge on any atom is 0.136 e. The second kappa shape index (κ2) is 10.2. The molecule has 0 saturated carbocycles. The summed E-state index contributed by atoms with van der Waals surface area (Å²) in [5.74, 6) is 0. The van der Waals surface area contributed by atoms with Crippen LogP contribution in [0.2, 0.25) is 0 Å². The van der Waals surface area contributed by atoms with E-state index in [0.29, 0.717) is 0 Å². The molecule has 0 amide bonds. The lowest BCUT2D eigenvalue weighted by Gasteiger charge is -2.31. The van der Waals surface area contributed by atoms with Crippen LogP contribution >= 0.6 is 0 Å². The van der Waals surface area contributed by atoms with Gasteiger partial charge in [0, 0.05) is 38.4 Å². The minimum absolute atomic E-state index is 0.185. The number of hydrogen-bond donors (Lipinski definition) is 0. The molecule has 0 bridgehead atoms. The summed E-state index contributed by atoms with van der Waals surface area (Å²) in [5.41, 5.74) is 15.7. The summed E-state index contributed by atoms with van der Waals surface area (Å²) in [7, 11) is 0. The van der Waals surface area contributed by atoms with Crippen LogP contribution in [0.3, 0.4) is 0 Å². The molecule has 2 nitrogen and oxygen atoms in total. The molecule has 52 heavy (non-hydrogen) atoms. The quantitative estimate of drug-likeness (QED) is 0.186. The van der Waals surface area contributed by atoms with Crippen molar-refractivity contribution < 1.29 is 4.42 Å². The number of hydrogen-bond acceptors (Lipinski definition) is 2. The second-order valence-corrected chi connectivity index (χ2v) is 15.7. The first-order valence-electron chi connectivity index (χ1n) is 18.4. The molecule has 248 valence electrons. The molecule has 1 heterocycles. The zero-order chi connectivity index (χ0) is 34.9. The monoisotopic (exact) mass is 667 g/mol. The summed E-state index contributed by atoms with van der Waals surface area (Å²) < 4.78 is 6.37. The van der Waals surface area contributed by atoms with E-state index in [9.17, 15) is 0 Å². The van der Waals surface area contributed by atoms with E-state index in [2.05, 4.69) is 178 Å². The van der Waals surface area contributed by atoms with Crippen LogP contribution in [0.25, 0.3) is 65.7 Å². The van der Waals surface area contributed by atoms with Gasteiger partial charge in [-0.15, -0.1) is 0 Å². The van der Waals surface area contributed by atoms with Crippen LogP contribution in [0.1, 0.15) is 49.9 Å². The zero-order valence-electron chi connectivity index (χ0n) is 29.8. The summed E-state index contributed by atoms with van der Waals surface area (Å²) in [6, 6.07) is 56.0. The van der Waals surface area contributed by atoms with E-state index in [-0.39, 0.29) is 10.8 Å². The van der Waals surface area contributed by atoms with Crippen molar-refractivity contribution in [1.29, 1.82) is 0 Å². The van der Waals surface area contributed by atoms with Crippen LogP contribution in [0.4, 0.5) is 17.1 Å². The van der Waals surface area contributed by atoms with E-state index < -0.39 is 0 Å². The van der Waals surface area contributed by atoms with Gasteiger partial charge >= 0.3 is 0 Å². The predicted octanol–water partition coefficient (Wildman–Crippen LogP) is 14.0. The summed E-state index contributed by atoms with van der Waals surface area (Å²) in [6.45, 7) is 9.56. The maximum absolute atomic E-state index is 6.37. The first-order valence-corrected chi connectivity index (χ1v) is 18.4. The Morgan fingerprint density at radius 1 is 0.423 bits per heavy atom. The van der Waals surface area contributed by atoms with Gasteiger partial charge in [-0.3, -0.25) is 0 Å². The highest BCUT2D eigenvalue weighted by Crippen LogP contribution is 2.57. The van der Waals surface area contributed by atoms with Crippen molar-refractivity contribution >= 4 is 60.5 Å². The molecule has 0 unspecified atom stereocenters. The average molecular weight is 668 g/mol. The maximum atomic E-state index is 6.37. The molecule has 1 aromatic heterocycles. The molecular weight excluding hydrogens is 631 g/mol. The first-order chi connectivity index (χ1) is 25.3. The Labute approximate surface area is 303 Å². The third-order valence-corrected chi connectivity index (χ3v) is 12.2. The highest BCUT2D eigenvalue weighted by Gasteiger charge is 2.40. The van der Waals surface area contributed by atoms with Crippen LogP contribution in [0.5, 0.6) is 0 Å². The van der Waals surface area contributed by atoms with Gasteiger partial charge in [0.1, 0.15) is 11.2 Å². The Morgan fingerprint density at radius 3 is 1.92 bits per heavy atom. The number of nitrogens with zero attached hydrogens (tertiary/aromatic N) is 1. The lowest BCUT2D eigenvalue weighted by atomic mass is 9.79. The number of fused-ring (bicyclic) bond motifs is 13. The Balaban J connectivity index is 1.15. The normalized spacial score (nSPS) is 14.8. The van der Waals surface area contributed by atoms with E-state index in [1.807, 2.05) is 6.07 Å². The van der Waals surface area contributed by atoms with Gasteiger partial charge in [0.25, 0.3) is 0 Å². The van der Waals surface area contributed by atoms with Crippen molar-refractivity contribution in [2.24, 2.45) is 0 Å². The van der Waals surface area contributed by atoms with E-state index in [0.717, 1.165) is 22.5 Å². The van der Waals surface area contributed by atoms with Crippen molar-refractivity contribution in [1.82, 2.24) is 0 Å². The van der Waals surface area contributed by atoms with Gasteiger partial charge in [-0.2, -0.15) is 0 Å². The third kappa shape index (κ3) is 3.84.